The molecule has 0 bridgehead atoms. The summed E-state index contributed by atoms with van der Waals surface area (Å²) in [5, 5.41) is 27.6. The van der Waals surface area contributed by atoms with Gasteiger partial charge in [-0.25, -0.2) is 0 Å². The lowest BCUT2D eigenvalue weighted by atomic mass is 9.89. The molecule has 0 aromatic carbocycles. The molecule has 0 saturated heterocycles. The highest BCUT2D eigenvalue weighted by Gasteiger charge is 2.40. The Morgan fingerprint density at radius 1 is 0.558 bits per heavy atom. The van der Waals surface area contributed by atoms with Gasteiger partial charge >= 0.3 is 0 Å². The fraction of sp³-hybridized carbons (Fsp3) is 0.944. The van der Waals surface area contributed by atoms with Crippen molar-refractivity contribution in [1.29, 1.82) is 0 Å². The first-order chi connectivity index (χ1) is 24.5. The Balaban J connectivity index is 5.62. The summed E-state index contributed by atoms with van der Waals surface area (Å²) in [6, 6.07) is 0. The van der Waals surface area contributed by atoms with Gasteiger partial charge in [-0.15, -0.1) is 0 Å². The van der Waals surface area contributed by atoms with Crippen molar-refractivity contribution in [2.75, 3.05) is 19.6 Å². The predicted octanol–water partition coefficient (Wildman–Crippen LogP) is 4.95. The maximum absolute atomic E-state index is 12.7. The van der Waals surface area contributed by atoms with Crippen molar-refractivity contribution in [2.24, 2.45) is 0 Å². The number of aliphatic hydroxyl groups excluding tert-OH is 2. The smallest absolute Gasteiger partial charge is 0.283 e. The van der Waals surface area contributed by atoms with Crippen molar-refractivity contribution in [3.63, 3.8) is 0 Å². The largest absolute Gasteiger partial charge is 0.391 e. The van der Waals surface area contributed by atoms with Gasteiger partial charge in [-0.1, -0.05) is 117 Å². The third-order valence-corrected chi connectivity index (χ3v) is 11.8. The van der Waals surface area contributed by atoms with Crippen LogP contribution in [0.25, 0.3) is 0 Å². The van der Waals surface area contributed by atoms with E-state index in [1.54, 1.807) is 0 Å². The number of aliphatic hydroxyl groups is 2. The number of carbonyl (C=O) groups excluding carboxylic acids is 2. The van der Waals surface area contributed by atoms with E-state index in [0.29, 0.717) is 12.8 Å². The highest BCUT2D eigenvalue weighted by atomic mass is 32.2. The predicted molar refractivity (Wildman–Crippen MR) is 207 cm³/mol. The lowest BCUT2D eigenvalue weighted by Crippen LogP contribution is -2.64. The molecule has 0 aliphatic carbocycles. The van der Waals surface area contributed by atoms with Crippen LogP contribution in [0, 0.1) is 0 Å². The normalized spacial score (nSPS) is 14.8. The van der Waals surface area contributed by atoms with Crippen LogP contribution in [-0.2, 0) is 29.8 Å². The molecule has 0 aromatic heterocycles. The second-order valence-electron chi connectivity index (χ2n) is 14.5. The van der Waals surface area contributed by atoms with Gasteiger partial charge in [0.25, 0.3) is 20.2 Å². The first-order valence-electron chi connectivity index (χ1n) is 19.8. The maximum atomic E-state index is 12.7. The number of amides is 2. The second-order valence-corrected chi connectivity index (χ2v) is 17.6. The lowest BCUT2D eigenvalue weighted by Gasteiger charge is -2.40. The van der Waals surface area contributed by atoms with Crippen molar-refractivity contribution < 1.29 is 45.7 Å². The maximum Gasteiger partial charge on any atom is 0.283 e. The van der Waals surface area contributed by atoms with Gasteiger partial charge in [0.15, 0.2) is 10.7 Å². The van der Waals surface area contributed by atoms with Crippen LogP contribution in [0.4, 0.5) is 0 Å². The van der Waals surface area contributed by atoms with E-state index < -0.39 is 55.3 Å². The van der Waals surface area contributed by atoms with Gasteiger partial charge in [-0.05, 0) is 39.5 Å². The summed E-state index contributed by atoms with van der Waals surface area (Å²) in [4.78, 5) is 25.4. The molecule has 14 nitrogen and oxygen atoms in total. The SMILES string of the molecule is CCCCCCCCCCCC(=O)NCCC(CCNC(=O)CCCCCCCCCCC)(CNC(C(C)O)S(=O)(=O)O)NC(C(C)O)S(=O)(=O)O. The van der Waals surface area contributed by atoms with E-state index >= 15 is 0 Å². The molecule has 2 amide bonds. The van der Waals surface area contributed by atoms with Gasteiger partial charge in [0, 0.05) is 38.0 Å². The van der Waals surface area contributed by atoms with Crippen LogP contribution in [0.3, 0.4) is 0 Å². The topological polar surface area (TPSA) is 231 Å². The molecule has 310 valence electrons. The van der Waals surface area contributed by atoms with Crippen LogP contribution in [-0.4, -0.2) is 96.1 Å². The summed E-state index contributed by atoms with van der Waals surface area (Å²) in [7, 11) is -9.72. The van der Waals surface area contributed by atoms with Gasteiger partial charge in [0.1, 0.15) is 0 Å². The van der Waals surface area contributed by atoms with Gasteiger partial charge in [0.2, 0.25) is 11.8 Å². The Morgan fingerprint density at radius 3 is 1.19 bits per heavy atom. The minimum atomic E-state index is -4.90. The summed E-state index contributed by atoms with van der Waals surface area (Å²) in [5.74, 6) is -0.443. The molecule has 0 aliphatic rings. The third kappa shape index (κ3) is 25.6. The van der Waals surface area contributed by atoms with Crippen molar-refractivity contribution in [3.8, 4) is 0 Å². The summed E-state index contributed by atoms with van der Waals surface area (Å²) >= 11 is 0. The van der Waals surface area contributed by atoms with E-state index in [-0.39, 0.29) is 50.6 Å². The zero-order valence-corrected chi connectivity index (χ0v) is 34.2. The van der Waals surface area contributed by atoms with E-state index in [4.69, 9.17) is 0 Å². The van der Waals surface area contributed by atoms with E-state index in [1.807, 2.05) is 0 Å². The first kappa shape index (κ1) is 50.6. The fourth-order valence-electron chi connectivity index (χ4n) is 6.32. The molecule has 0 aliphatic heterocycles. The van der Waals surface area contributed by atoms with Crippen molar-refractivity contribution >= 4 is 32.1 Å². The second kappa shape index (κ2) is 29.0. The van der Waals surface area contributed by atoms with Crippen LogP contribution < -0.4 is 21.3 Å². The molecular weight excluding hydrogens is 713 g/mol. The molecule has 0 aromatic rings. The Labute approximate surface area is 315 Å². The van der Waals surface area contributed by atoms with Crippen molar-refractivity contribution in [1.82, 2.24) is 21.3 Å². The molecular formula is C36H74N4O10S2. The summed E-state index contributed by atoms with van der Waals surface area (Å²) < 4.78 is 68.5. The highest BCUT2D eigenvalue weighted by Crippen LogP contribution is 2.20. The molecule has 0 spiro atoms. The number of hydrogen-bond donors (Lipinski definition) is 8. The Bertz CT molecular complexity index is 1110. The number of hydrogen-bond acceptors (Lipinski definition) is 10. The first-order valence-corrected chi connectivity index (χ1v) is 22.8. The van der Waals surface area contributed by atoms with Gasteiger partial charge in [-0.3, -0.25) is 29.3 Å². The zero-order valence-electron chi connectivity index (χ0n) is 32.5. The average Bonchev–Trinajstić information content (AvgIpc) is 3.04. The molecule has 8 N–H and O–H groups in total. The monoisotopic (exact) mass is 786 g/mol. The third-order valence-electron chi connectivity index (χ3n) is 9.47. The number of rotatable bonds is 35. The Hall–Kier alpha value is -1.40. The minimum absolute atomic E-state index is 0.000554. The van der Waals surface area contributed by atoms with Crippen molar-refractivity contribution in [3.05, 3.63) is 0 Å². The molecule has 16 heteroatoms. The van der Waals surface area contributed by atoms with Crippen molar-refractivity contribution in [2.45, 2.75) is 197 Å². The van der Waals surface area contributed by atoms with E-state index in [2.05, 4.69) is 35.1 Å². The molecule has 52 heavy (non-hydrogen) atoms. The fourth-order valence-corrected chi connectivity index (χ4v) is 8.00. The van der Waals surface area contributed by atoms with Gasteiger partial charge in [0.05, 0.1) is 12.2 Å². The molecule has 4 unspecified atom stereocenters. The van der Waals surface area contributed by atoms with Crippen LogP contribution in [0.1, 0.15) is 169 Å². The highest BCUT2D eigenvalue weighted by molar-refractivity contribution is 7.86. The Kier molecular flexibility index (Phi) is 28.2. The van der Waals surface area contributed by atoms with Crippen LogP contribution in [0.5, 0.6) is 0 Å². The molecule has 0 radical (unpaired) electrons. The Morgan fingerprint density at radius 2 is 0.885 bits per heavy atom. The van der Waals surface area contributed by atoms with Gasteiger partial charge < -0.3 is 20.8 Å². The molecule has 0 fully saturated rings. The molecule has 4 atom stereocenters. The number of nitrogens with one attached hydrogen (secondary N) is 4. The number of unbranched alkanes of at least 4 members (excludes halogenated alkanes) is 16. The van der Waals surface area contributed by atoms with E-state index in [0.717, 1.165) is 52.4 Å². The van der Waals surface area contributed by atoms with Crippen LogP contribution in [0.2, 0.25) is 0 Å². The zero-order chi connectivity index (χ0) is 39.5. The van der Waals surface area contributed by atoms with E-state index in [9.17, 15) is 45.7 Å². The van der Waals surface area contributed by atoms with Crippen LogP contribution >= 0.6 is 0 Å². The van der Waals surface area contributed by atoms with Gasteiger partial charge in [-0.2, -0.15) is 16.8 Å². The standard InChI is InChI=1S/C36H74N4O10S2/c1-5-7-9-11-13-15-17-19-21-23-32(43)37-27-25-36(40-35(31(4)42)52(48,49)50,29-39-34(30(3)41)51(45,46)47)26-28-38-33(44)24-22-20-18-16-14-12-10-8-6-2/h30-31,34-35,39-42H,5-29H2,1-4H3,(H,37,43)(H,38,44)(H,45,46,47)(H,48,49,50). The minimum Gasteiger partial charge on any atom is -0.391 e. The summed E-state index contributed by atoms with van der Waals surface area (Å²) in [6.07, 6.45) is 17.1. The molecule has 0 saturated carbocycles. The average molecular weight is 787 g/mol. The number of carbonyl (C=O) groups is 2. The molecule has 0 rings (SSSR count). The summed E-state index contributed by atoms with van der Waals surface area (Å²) in [6.45, 7) is 6.27. The summed E-state index contributed by atoms with van der Waals surface area (Å²) in [5.41, 5.74) is -1.48. The lowest BCUT2D eigenvalue weighted by molar-refractivity contribution is -0.121. The quantitative estimate of drug-likeness (QED) is 0.0315. The van der Waals surface area contributed by atoms with Crippen LogP contribution in [0.15, 0.2) is 0 Å². The van der Waals surface area contributed by atoms with E-state index in [1.165, 1.54) is 64.2 Å². The molecule has 0 heterocycles.